The average molecular weight is 287 g/mol. The van der Waals surface area contributed by atoms with Crippen LogP contribution in [-0.2, 0) is 23.1 Å². The number of hydrogen-bond donors (Lipinski definition) is 2. The van der Waals surface area contributed by atoms with Crippen molar-refractivity contribution in [2.45, 2.75) is 17.3 Å². The number of hydrogen-bond acceptors (Lipinski definition) is 6. The topological polar surface area (TPSA) is 103 Å². The van der Waals surface area contributed by atoms with Gasteiger partial charge in [-0.15, -0.1) is 16.4 Å². The predicted molar refractivity (Wildman–Crippen MR) is 67.4 cm³/mol. The number of aromatic nitrogens is 3. The second-order valence-corrected chi connectivity index (χ2v) is 6.45. The summed E-state index contributed by atoms with van der Waals surface area (Å²) < 4.78 is 28.1. The molecule has 0 saturated carbocycles. The van der Waals surface area contributed by atoms with Gasteiger partial charge in [-0.25, -0.2) is 13.1 Å². The van der Waals surface area contributed by atoms with Crippen LogP contribution in [0.1, 0.15) is 5.56 Å². The number of rotatable bonds is 6. The van der Waals surface area contributed by atoms with Crippen LogP contribution in [-0.4, -0.2) is 30.0 Å². The maximum absolute atomic E-state index is 11.9. The smallest absolute Gasteiger partial charge is 0.250 e. The van der Waals surface area contributed by atoms with Crippen molar-refractivity contribution in [1.29, 1.82) is 0 Å². The Bertz CT molecular complexity index is 590. The summed E-state index contributed by atoms with van der Waals surface area (Å²) in [5.74, 6) is 0. The maximum atomic E-state index is 11.9. The summed E-state index contributed by atoms with van der Waals surface area (Å²) in [6.45, 7) is 1.04. The van der Waals surface area contributed by atoms with E-state index in [4.69, 9.17) is 5.73 Å². The molecule has 0 bridgehead atoms. The molecule has 2 aromatic rings. The largest absolute Gasteiger partial charge is 0.326 e. The molecule has 98 valence electrons. The van der Waals surface area contributed by atoms with E-state index in [-0.39, 0.29) is 10.8 Å². The van der Waals surface area contributed by atoms with Crippen LogP contribution in [0.15, 0.2) is 28.0 Å². The second-order valence-electron chi connectivity index (χ2n) is 3.54. The lowest BCUT2D eigenvalue weighted by atomic mass is 10.4. The van der Waals surface area contributed by atoms with Crippen molar-refractivity contribution in [2.75, 3.05) is 6.54 Å². The Morgan fingerprint density at radius 1 is 1.50 bits per heavy atom. The van der Waals surface area contributed by atoms with Crippen LogP contribution in [0, 0.1) is 0 Å². The van der Waals surface area contributed by atoms with Crippen molar-refractivity contribution >= 4 is 21.4 Å². The van der Waals surface area contributed by atoms with Crippen molar-refractivity contribution in [3.05, 3.63) is 29.4 Å². The fourth-order valence-electron chi connectivity index (χ4n) is 1.32. The molecule has 3 N–H and O–H groups in total. The summed E-state index contributed by atoms with van der Waals surface area (Å²) in [6.07, 6.45) is 3.22. The van der Waals surface area contributed by atoms with Crippen molar-refractivity contribution < 1.29 is 8.42 Å². The number of nitrogens with two attached hydrogens (primary N) is 1. The van der Waals surface area contributed by atoms with Gasteiger partial charge in [0, 0.05) is 19.3 Å². The lowest BCUT2D eigenvalue weighted by Crippen LogP contribution is -2.27. The molecule has 0 aliphatic rings. The van der Waals surface area contributed by atoms with Crippen molar-refractivity contribution in [3.63, 3.8) is 0 Å². The summed E-state index contributed by atoms with van der Waals surface area (Å²) in [6, 6.07) is 1.59. The molecular weight excluding hydrogens is 274 g/mol. The molecule has 0 atom stereocenters. The van der Waals surface area contributed by atoms with E-state index in [1.807, 2.05) is 0 Å². The monoisotopic (exact) mass is 287 g/mol. The van der Waals surface area contributed by atoms with Gasteiger partial charge in [0.25, 0.3) is 0 Å². The van der Waals surface area contributed by atoms with E-state index in [0.29, 0.717) is 13.1 Å². The summed E-state index contributed by atoms with van der Waals surface area (Å²) in [5.41, 5.74) is 6.26. The highest BCUT2D eigenvalue weighted by molar-refractivity contribution is 7.91. The number of thiophene rings is 1. The number of sulfonamides is 1. The van der Waals surface area contributed by atoms with Crippen LogP contribution in [0.4, 0.5) is 0 Å². The van der Waals surface area contributed by atoms with Crippen LogP contribution in [0.2, 0.25) is 0 Å². The van der Waals surface area contributed by atoms with E-state index in [1.54, 1.807) is 28.5 Å². The molecule has 18 heavy (non-hydrogen) atoms. The molecule has 2 rings (SSSR count). The van der Waals surface area contributed by atoms with Crippen molar-refractivity contribution in [1.82, 2.24) is 19.7 Å². The van der Waals surface area contributed by atoms with E-state index < -0.39 is 10.0 Å². The zero-order chi connectivity index (χ0) is 13.0. The normalized spacial score (nSPS) is 11.8. The van der Waals surface area contributed by atoms with Gasteiger partial charge in [-0.05, 0) is 17.0 Å². The average Bonchev–Trinajstić information content (AvgIpc) is 2.99. The number of nitrogens with one attached hydrogen (secondary N) is 1. The number of nitrogens with zero attached hydrogens (tertiary/aromatic N) is 3. The van der Waals surface area contributed by atoms with Gasteiger partial charge in [0.2, 0.25) is 10.0 Å². The molecule has 0 spiro atoms. The van der Waals surface area contributed by atoms with Gasteiger partial charge >= 0.3 is 0 Å². The van der Waals surface area contributed by atoms with E-state index >= 15 is 0 Å². The molecular formula is C9H13N5O2S2. The molecule has 0 radical (unpaired) electrons. The van der Waals surface area contributed by atoms with Gasteiger partial charge in [-0.3, -0.25) is 4.68 Å². The van der Waals surface area contributed by atoms with E-state index in [0.717, 1.165) is 16.9 Å². The van der Waals surface area contributed by atoms with Gasteiger partial charge in [-0.2, -0.15) is 0 Å². The lowest BCUT2D eigenvalue weighted by Gasteiger charge is -2.04. The molecule has 0 saturated heterocycles. The first-order chi connectivity index (χ1) is 8.62. The van der Waals surface area contributed by atoms with Crippen LogP contribution in [0.5, 0.6) is 0 Å². The van der Waals surface area contributed by atoms with E-state index in [1.165, 1.54) is 0 Å². The van der Waals surface area contributed by atoms with Crippen LogP contribution >= 0.6 is 11.3 Å². The summed E-state index contributed by atoms with van der Waals surface area (Å²) in [7, 11) is -3.45. The Morgan fingerprint density at radius 2 is 2.33 bits per heavy atom. The Kier molecular flexibility index (Phi) is 4.07. The van der Waals surface area contributed by atoms with Crippen LogP contribution in [0.25, 0.3) is 0 Å². The molecule has 7 nitrogen and oxygen atoms in total. The zero-order valence-corrected chi connectivity index (χ0v) is 11.1. The molecule has 2 heterocycles. The SMILES string of the molecule is NCc1csc(S(=O)(=O)NCCn2ccnn2)c1. The fraction of sp³-hybridized carbons (Fsp3) is 0.333. The van der Waals surface area contributed by atoms with Gasteiger partial charge in [0.05, 0.1) is 12.7 Å². The Labute approximate surface area is 109 Å². The van der Waals surface area contributed by atoms with E-state index in [2.05, 4.69) is 15.0 Å². The molecule has 0 fully saturated rings. The second kappa shape index (κ2) is 5.57. The standard InChI is InChI=1S/C9H13N5O2S2/c10-6-8-5-9(17-7-8)18(15,16)12-2-4-14-3-1-11-13-14/h1,3,5,7,12H,2,4,6,10H2. The highest BCUT2D eigenvalue weighted by Crippen LogP contribution is 2.19. The highest BCUT2D eigenvalue weighted by Gasteiger charge is 2.15. The third-order valence-electron chi connectivity index (χ3n) is 2.24. The minimum atomic E-state index is -3.45. The van der Waals surface area contributed by atoms with Crippen molar-refractivity contribution in [2.24, 2.45) is 5.73 Å². The first kappa shape index (κ1) is 13.1. The first-order valence-electron chi connectivity index (χ1n) is 5.23. The molecule has 0 amide bonds. The predicted octanol–water partition coefficient (Wildman–Crippen LogP) is -0.223. The summed E-state index contributed by atoms with van der Waals surface area (Å²) in [4.78, 5) is 0. The van der Waals surface area contributed by atoms with E-state index in [9.17, 15) is 8.42 Å². The minimum Gasteiger partial charge on any atom is -0.326 e. The van der Waals surface area contributed by atoms with Crippen LogP contribution in [0.3, 0.4) is 0 Å². The first-order valence-corrected chi connectivity index (χ1v) is 7.59. The Morgan fingerprint density at radius 3 is 2.94 bits per heavy atom. The quantitative estimate of drug-likeness (QED) is 0.764. The van der Waals surface area contributed by atoms with Gasteiger partial charge in [0.15, 0.2) is 0 Å². The van der Waals surface area contributed by atoms with Gasteiger partial charge in [-0.1, -0.05) is 5.21 Å². The van der Waals surface area contributed by atoms with Gasteiger partial charge in [0.1, 0.15) is 4.21 Å². The summed E-state index contributed by atoms with van der Waals surface area (Å²) in [5, 5.41) is 9.12. The third kappa shape index (κ3) is 3.13. The maximum Gasteiger partial charge on any atom is 0.250 e. The lowest BCUT2D eigenvalue weighted by molar-refractivity contribution is 0.554. The van der Waals surface area contributed by atoms with Crippen molar-refractivity contribution in [3.8, 4) is 0 Å². The molecule has 9 heteroatoms. The highest BCUT2D eigenvalue weighted by atomic mass is 32.2. The zero-order valence-electron chi connectivity index (χ0n) is 9.48. The minimum absolute atomic E-state index is 0.265. The Balaban J connectivity index is 1.95. The fourth-order valence-corrected chi connectivity index (χ4v) is 3.61. The van der Waals surface area contributed by atoms with Gasteiger partial charge < -0.3 is 5.73 Å². The molecule has 0 aliphatic carbocycles. The summed E-state index contributed by atoms with van der Waals surface area (Å²) >= 11 is 1.16. The van der Waals surface area contributed by atoms with Crippen LogP contribution < -0.4 is 10.5 Å². The third-order valence-corrected chi connectivity index (χ3v) is 5.18. The molecule has 0 unspecified atom stereocenters. The molecule has 2 aromatic heterocycles. The molecule has 0 aliphatic heterocycles. The molecule has 0 aromatic carbocycles. The Hall–Kier alpha value is -1.29.